The molecule has 192 valence electrons. The van der Waals surface area contributed by atoms with Crippen LogP contribution in [0.25, 0.3) is 0 Å². The van der Waals surface area contributed by atoms with Gasteiger partial charge in [0, 0.05) is 5.41 Å². The number of carboxylic acids is 1. The van der Waals surface area contributed by atoms with Gasteiger partial charge in [0.15, 0.2) is 0 Å². The van der Waals surface area contributed by atoms with Crippen molar-refractivity contribution in [1.82, 2.24) is 0 Å². The SMILES string of the molecule is CC1(C)[C@H](O)CC[C@]2(C)[C@@H]1CC[C@]1(C)[C@@H]2CC=C2[C@H]3C[C@](C)(C(=O)O)C[C@H](O)[C@@]3(C)CC[C@]21C. The van der Waals surface area contributed by atoms with Crippen LogP contribution in [0.15, 0.2) is 11.6 Å². The molecule has 0 amide bonds. The monoisotopic (exact) mass is 472 g/mol. The summed E-state index contributed by atoms with van der Waals surface area (Å²) >= 11 is 0. The zero-order valence-electron chi connectivity index (χ0n) is 22.6. The minimum absolute atomic E-state index is 0.0325. The summed E-state index contributed by atoms with van der Waals surface area (Å²) in [7, 11) is 0. The number of aliphatic hydroxyl groups excluding tert-OH is 2. The molecule has 3 N–H and O–H groups in total. The second-order valence-electron chi connectivity index (χ2n) is 15.0. The van der Waals surface area contributed by atoms with Crippen LogP contribution in [0, 0.1) is 50.2 Å². The molecule has 4 saturated carbocycles. The molecule has 5 rings (SSSR count). The Bertz CT molecular complexity index is 923. The van der Waals surface area contributed by atoms with E-state index < -0.39 is 17.5 Å². The number of allylic oxidation sites excluding steroid dienone is 2. The van der Waals surface area contributed by atoms with Gasteiger partial charge >= 0.3 is 5.97 Å². The maximum Gasteiger partial charge on any atom is 0.309 e. The maximum atomic E-state index is 12.3. The fourth-order valence-electron chi connectivity index (χ4n) is 10.6. The summed E-state index contributed by atoms with van der Waals surface area (Å²) in [5.41, 5.74) is 0.706. The van der Waals surface area contributed by atoms with Crippen molar-refractivity contribution < 1.29 is 20.1 Å². The zero-order chi connectivity index (χ0) is 25.1. The molecule has 0 heterocycles. The molecule has 5 aliphatic rings. The van der Waals surface area contributed by atoms with E-state index >= 15 is 0 Å². The molecule has 0 bridgehead atoms. The highest BCUT2D eigenvalue weighted by Crippen LogP contribution is 2.75. The topological polar surface area (TPSA) is 77.8 Å². The summed E-state index contributed by atoms with van der Waals surface area (Å²) in [4.78, 5) is 12.3. The lowest BCUT2D eigenvalue weighted by molar-refractivity contribution is -0.208. The van der Waals surface area contributed by atoms with Crippen LogP contribution in [-0.4, -0.2) is 33.5 Å². The number of carboxylic acid groups (broad SMARTS) is 1. The smallest absolute Gasteiger partial charge is 0.309 e. The summed E-state index contributed by atoms with van der Waals surface area (Å²) in [5.74, 6) is 0.463. The molecule has 0 aromatic carbocycles. The lowest BCUT2D eigenvalue weighted by atomic mass is 9.33. The number of carbonyl (C=O) groups is 1. The molecular formula is C30H48O4. The van der Waals surface area contributed by atoms with Crippen molar-refractivity contribution in [2.24, 2.45) is 50.2 Å². The number of hydrogen-bond donors (Lipinski definition) is 3. The molecule has 0 unspecified atom stereocenters. The second-order valence-corrected chi connectivity index (χ2v) is 15.0. The van der Waals surface area contributed by atoms with Crippen LogP contribution in [0.2, 0.25) is 0 Å². The highest BCUT2D eigenvalue weighted by molar-refractivity contribution is 5.74. The molecule has 4 nitrogen and oxygen atoms in total. The van der Waals surface area contributed by atoms with Crippen LogP contribution in [0.4, 0.5) is 0 Å². The largest absolute Gasteiger partial charge is 0.481 e. The molecule has 0 aliphatic heterocycles. The van der Waals surface area contributed by atoms with E-state index in [4.69, 9.17) is 0 Å². The molecule has 4 fully saturated rings. The summed E-state index contributed by atoms with van der Waals surface area (Å²) < 4.78 is 0. The quantitative estimate of drug-likeness (QED) is 0.397. The third kappa shape index (κ3) is 2.82. The highest BCUT2D eigenvalue weighted by Gasteiger charge is 2.69. The molecule has 10 atom stereocenters. The lowest BCUT2D eigenvalue weighted by Gasteiger charge is -2.71. The van der Waals surface area contributed by atoms with Crippen LogP contribution >= 0.6 is 0 Å². The normalized spacial score (nSPS) is 56.3. The van der Waals surface area contributed by atoms with Crippen LogP contribution in [0.5, 0.6) is 0 Å². The number of fused-ring (bicyclic) bond motifs is 7. The third-order valence-electron chi connectivity index (χ3n) is 13.4. The molecular weight excluding hydrogens is 424 g/mol. The van der Waals surface area contributed by atoms with Gasteiger partial charge in [-0.05, 0) is 104 Å². The highest BCUT2D eigenvalue weighted by atomic mass is 16.4. The summed E-state index contributed by atoms with van der Waals surface area (Å²) in [6.07, 6.45) is 10.1. The minimum atomic E-state index is -0.867. The molecule has 5 aliphatic carbocycles. The first-order chi connectivity index (χ1) is 15.6. The van der Waals surface area contributed by atoms with E-state index in [1.54, 1.807) is 0 Å². The molecule has 0 aromatic heterocycles. The Morgan fingerprint density at radius 1 is 0.824 bits per heavy atom. The fraction of sp³-hybridized carbons (Fsp3) is 0.900. The first-order valence-corrected chi connectivity index (χ1v) is 13.9. The molecule has 34 heavy (non-hydrogen) atoms. The van der Waals surface area contributed by atoms with Crippen LogP contribution in [0.3, 0.4) is 0 Å². The van der Waals surface area contributed by atoms with Gasteiger partial charge < -0.3 is 15.3 Å². The van der Waals surface area contributed by atoms with E-state index in [0.717, 1.165) is 38.5 Å². The Morgan fingerprint density at radius 2 is 1.50 bits per heavy atom. The van der Waals surface area contributed by atoms with E-state index in [1.165, 1.54) is 12.0 Å². The van der Waals surface area contributed by atoms with Crippen molar-refractivity contribution in [1.29, 1.82) is 0 Å². The van der Waals surface area contributed by atoms with E-state index in [-0.39, 0.29) is 39.1 Å². The first kappa shape index (κ1) is 24.8. The van der Waals surface area contributed by atoms with Gasteiger partial charge in [0.1, 0.15) is 0 Å². The molecule has 0 aromatic rings. The van der Waals surface area contributed by atoms with E-state index in [2.05, 4.69) is 47.6 Å². The van der Waals surface area contributed by atoms with E-state index in [1.807, 2.05) is 6.92 Å². The van der Waals surface area contributed by atoms with Crippen molar-refractivity contribution >= 4 is 5.97 Å². The Kier molecular flexibility index (Phi) is 5.20. The number of aliphatic hydroxyl groups is 2. The van der Waals surface area contributed by atoms with Gasteiger partial charge in [0.05, 0.1) is 17.6 Å². The Labute approximate surface area is 206 Å². The van der Waals surface area contributed by atoms with Gasteiger partial charge in [-0.2, -0.15) is 0 Å². The van der Waals surface area contributed by atoms with Crippen LogP contribution < -0.4 is 0 Å². The Morgan fingerprint density at radius 3 is 2.15 bits per heavy atom. The summed E-state index contributed by atoms with van der Waals surface area (Å²) in [6.45, 7) is 16.2. The van der Waals surface area contributed by atoms with Crippen molar-refractivity contribution in [3.05, 3.63) is 11.6 Å². The Hall–Kier alpha value is -0.870. The van der Waals surface area contributed by atoms with Crippen molar-refractivity contribution in [3.8, 4) is 0 Å². The van der Waals surface area contributed by atoms with E-state index in [0.29, 0.717) is 24.7 Å². The minimum Gasteiger partial charge on any atom is -0.481 e. The summed E-state index contributed by atoms with van der Waals surface area (Å²) in [6, 6.07) is 0. The van der Waals surface area contributed by atoms with Gasteiger partial charge in [-0.1, -0.05) is 53.2 Å². The number of rotatable bonds is 1. The number of aliphatic carboxylic acids is 1. The predicted molar refractivity (Wildman–Crippen MR) is 134 cm³/mol. The van der Waals surface area contributed by atoms with Gasteiger partial charge in [0.2, 0.25) is 0 Å². The molecule has 0 radical (unpaired) electrons. The van der Waals surface area contributed by atoms with Gasteiger partial charge in [-0.3, -0.25) is 4.79 Å². The molecule has 0 spiro atoms. The second kappa shape index (κ2) is 7.12. The maximum absolute atomic E-state index is 12.3. The zero-order valence-corrected chi connectivity index (χ0v) is 22.6. The number of hydrogen-bond acceptors (Lipinski definition) is 3. The van der Waals surface area contributed by atoms with Gasteiger partial charge in [0.25, 0.3) is 0 Å². The van der Waals surface area contributed by atoms with Gasteiger partial charge in [-0.25, -0.2) is 0 Å². The fourth-order valence-corrected chi connectivity index (χ4v) is 10.6. The Balaban J connectivity index is 1.59. The molecule has 4 heteroatoms. The van der Waals surface area contributed by atoms with Crippen LogP contribution in [0.1, 0.15) is 106 Å². The standard InChI is InChI=1S/C30H48O4/c1-25(2)20-10-13-30(7)21(28(20,5)12-11-22(25)31)9-8-18-19-16-26(3,24(33)34)17-23(32)27(19,4)14-15-29(18,30)6/h8,19-23,31-32H,9-17H2,1-7H3,(H,33,34)/t19-,20-,21-,22-,23+,26+,27+,28-,29-,30-/m1/s1. The predicted octanol–water partition coefficient (Wildman–Crippen LogP) is 6.20. The van der Waals surface area contributed by atoms with Gasteiger partial charge in [-0.15, -0.1) is 0 Å². The van der Waals surface area contributed by atoms with E-state index in [9.17, 15) is 20.1 Å². The third-order valence-corrected chi connectivity index (χ3v) is 13.4. The first-order valence-electron chi connectivity index (χ1n) is 13.9. The average Bonchev–Trinajstić information content (AvgIpc) is 2.73. The lowest BCUT2D eigenvalue weighted by Crippen LogP contribution is -2.65. The van der Waals surface area contributed by atoms with Crippen molar-refractivity contribution in [2.45, 2.75) is 118 Å². The van der Waals surface area contributed by atoms with Crippen molar-refractivity contribution in [2.75, 3.05) is 0 Å². The summed E-state index contributed by atoms with van der Waals surface area (Å²) in [5, 5.41) is 32.2. The average molecular weight is 473 g/mol. The molecule has 0 saturated heterocycles. The van der Waals surface area contributed by atoms with Crippen LogP contribution in [-0.2, 0) is 4.79 Å². The van der Waals surface area contributed by atoms with Crippen molar-refractivity contribution in [3.63, 3.8) is 0 Å².